The highest BCUT2D eigenvalue weighted by Gasteiger charge is 2.38. The fourth-order valence-electron chi connectivity index (χ4n) is 6.08. The fraction of sp³-hybridized carbons (Fsp3) is 0.621. The minimum absolute atomic E-state index is 0.216. The molecule has 0 aliphatic carbocycles. The SMILES string of the molecule is CC1Oc2c(F)cc(C3CN(C4CCN(C(=O)OC(C)(C)C)CC4)C3)cc2Nc2ncnc(N3CCOCC3)c21. The number of piperidine rings is 1. The van der Waals surface area contributed by atoms with E-state index >= 15 is 4.39 Å². The summed E-state index contributed by atoms with van der Waals surface area (Å²) in [5, 5.41) is 3.37. The molecular formula is C29H39FN6O4. The molecule has 2 aromatic rings. The highest BCUT2D eigenvalue weighted by Crippen LogP contribution is 2.44. The predicted molar refractivity (Wildman–Crippen MR) is 149 cm³/mol. The van der Waals surface area contributed by atoms with E-state index in [4.69, 9.17) is 14.2 Å². The molecule has 1 aromatic heterocycles. The molecule has 1 amide bonds. The van der Waals surface area contributed by atoms with Gasteiger partial charge in [0.05, 0.1) is 24.5 Å². The number of benzene rings is 1. The van der Waals surface area contributed by atoms with Crippen LogP contribution in [0.15, 0.2) is 18.5 Å². The lowest BCUT2D eigenvalue weighted by atomic mass is 9.87. The number of nitrogens with one attached hydrogen (secondary N) is 1. The second-order valence-corrected chi connectivity index (χ2v) is 12.2. The van der Waals surface area contributed by atoms with Gasteiger partial charge in [0.25, 0.3) is 0 Å². The summed E-state index contributed by atoms with van der Waals surface area (Å²) in [4.78, 5) is 27.9. The van der Waals surface area contributed by atoms with Crippen molar-refractivity contribution in [1.82, 2.24) is 19.8 Å². The number of carbonyl (C=O) groups is 1. The Kier molecular flexibility index (Phi) is 7.20. The number of morpholine rings is 1. The number of rotatable bonds is 3. The zero-order valence-electron chi connectivity index (χ0n) is 23.8. The Bertz CT molecular complexity index is 1250. The van der Waals surface area contributed by atoms with Crippen molar-refractivity contribution in [3.63, 3.8) is 0 Å². The van der Waals surface area contributed by atoms with Crippen LogP contribution in [-0.2, 0) is 9.47 Å². The van der Waals surface area contributed by atoms with E-state index in [0.29, 0.717) is 43.9 Å². The van der Waals surface area contributed by atoms with Crippen molar-refractivity contribution >= 4 is 23.4 Å². The van der Waals surface area contributed by atoms with Crippen LogP contribution in [0.5, 0.6) is 5.75 Å². The molecule has 4 aliphatic rings. The van der Waals surface area contributed by atoms with Crippen molar-refractivity contribution in [1.29, 1.82) is 0 Å². The largest absolute Gasteiger partial charge is 0.480 e. The minimum atomic E-state index is -0.486. The number of amides is 1. The molecule has 1 aromatic carbocycles. The lowest BCUT2D eigenvalue weighted by Crippen LogP contribution is -2.55. The third-order valence-electron chi connectivity index (χ3n) is 8.21. The van der Waals surface area contributed by atoms with Crippen LogP contribution >= 0.6 is 0 Å². The van der Waals surface area contributed by atoms with Crippen molar-refractivity contribution in [2.24, 2.45) is 0 Å². The molecule has 0 spiro atoms. The van der Waals surface area contributed by atoms with Crippen LogP contribution in [0.2, 0.25) is 0 Å². The van der Waals surface area contributed by atoms with Gasteiger partial charge in [-0.25, -0.2) is 19.2 Å². The van der Waals surface area contributed by atoms with Gasteiger partial charge in [-0.2, -0.15) is 0 Å². The van der Waals surface area contributed by atoms with Crippen molar-refractivity contribution in [3.8, 4) is 5.75 Å². The molecule has 216 valence electrons. The number of anilines is 3. The average Bonchev–Trinajstić information content (AvgIpc) is 3.04. The topological polar surface area (TPSA) is 92.3 Å². The van der Waals surface area contributed by atoms with Gasteiger partial charge in [-0.3, -0.25) is 4.90 Å². The molecule has 0 saturated carbocycles. The highest BCUT2D eigenvalue weighted by atomic mass is 19.1. The third kappa shape index (κ3) is 5.41. The zero-order chi connectivity index (χ0) is 28.0. The van der Waals surface area contributed by atoms with E-state index < -0.39 is 11.7 Å². The summed E-state index contributed by atoms with van der Waals surface area (Å²) in [6.07, 6.45) is 2.72. The van der Waals surface area contributed by atoms with E-state index in [9.17, 15) is 4.79 Å². The van der Waals surface area contributed by atoms with Gasteiger partial charge < -0.3 is 29.3 Å². The number of fused-ring (bicyclic) bond motifs is 2. The number of hydrogen-bond donors (Lipinski definition) is 1. The third-order valence-corrected chi connectivity index (χ3v) is 8.21. The molecular weight excluding hydrogens is 515 g/mol. The van der Waals surface area contributed by atoms with Crippen molar-refractivity contribution in [2.45, 2.75) is 64.2 Å². The summed E-state index contributed by atoms with van der Waals surface area (Å²) in [6, 6.07) is 4.04. The average molecular weight is 555 g/mol. The molecule has 0 radical (unpaired) electrons. The second-order valence-electron chi connectivity index (χ2n) is 12.2. The number of hydrogen-bond acceptors (Lipinski definition) is 9. The molecule has 1 unspecified atom stereocenters. The smallest absolute Gasteiger partial charge is 0.410 e. The normalized spacial score (nSPS) is 22.4. The van der Waals surface area contributed by atoms with E-state index in [-0.39, 0.29) is 23.6 Å². The first-order valence-corrected chi connectivity index (χ1v) is 14.3. The summed E-state index contributed by atoms with van der Waals surface area (Å²) >= 11 is 0. The van der Waals surface area contributed by atoms with Crippen molar-refractivity contribution < 1.29 is 23.4 Å². The molecule has 40 heavy (non-hydrogen) atoms. The molecule has 4 aliphatic heterocycles. The van der Waals surface area contributed by atoms with Crippen molar-refractivity contribution in [2.75, 3.05) is 62.7 Å². The van der Waals surface area contributed by atoms with E-state index in [2.05, 4.69) is 25.1 Å². The van der Waals surface area contributed by atoms with Gasteiger partial charge in [-0.05, 0) is 58.2 Å². The van der Waals surface area contributed by atoms with E-state index in [0.717, 1.165) is 56.0 Å². The summed E-state index contributed by atoms with van der Waals surface area (Å²) in [6.45, 7) is 13.5. The number of likely N-dealkylation sites (tertiary alicyclic amines) is 2. The predicted octanol–water partition coefficient (Wildman–Crippen LogP) is 4.45. The summed E-state index contributed by atoms with van der Waals surface area (Å²) in [5.41, 5.74) is 1.89. The molecule has 1 atom stereocenters. The highest BCUT2D eigenvalue weighted by molar-refractivity contribution is 5.73. The maximum absolute atomic E-state index is 15.5. The first-order chi connectivity index (χ1) is 19.2. The standard InChI is InChI=1S/C29H39FN6O4/c1-18-24-26(31-17-32-27(24)34-9-11-38-12-10-34)33-23-14-19(13-22(30)25(23)39-18)20-15-36(16-20)21-5-7-35(8-6-21)28(37)40-29(2,3)4/h13-14,17-18,20-21H,5-12,15-16H2,1-4H3,(H,31,32,33). The molecule has 5 heterocycles. The van der Waals surface area contributed by atoms with Crippen LogP contribution < -0.4 is 15.0 Å². The molecule has 3 saturated heterocycles. The van der Waals surface area contributed by atoms with E-state index in [1.54, 1.807) is 17.3 Å². The zero-order valence-corrected chi connectivity index (χ0v) is 23.8. The summed E-state index contributed by atoms with van der Waals surface area (Å²) in [5.74, 6) is 1.53. The van der Waals surface area contributed by atoms with Crippen LogP contribution in [0.25, 0.3) is 0 Å². The number of aromatic nitrogens is 2. The van der Waals surface area contributed by atoms with Crippen LogP contribution in [0, 0.1) is 5.82 Å². The Morgan fingerprint density at radius 3 is 2.52 bits per heavy atom. The molecule has 3 fully saturated rings. The number of halogens is 1. The van der Waals surface area contributed by atoms with Crippen LogP contribution in [0.3, 0.4) is 0 Å². The van der Waals surface area contributed by atoms with E-state index in [1.807, 2.05) is 33.8 Å². The molecule has 11 heteroatoms. The number of ether oxygens (including phenoxy) is 3. The number of carbonyl (C=O) groups excluding carboxylic acids is 1. The summed E-state index contributed by atoms with van der Waals surface area (Å²) < 4.78 is 32.7. The monoisotopic (exact) mass is 554 g/mol. The Labute approximate surface area is 234 Å². The quantitative estimate of drug-likeness (QED) is 0.591. The van der Waals surface area contributed by atoms with Crippen molar-refractivity contribution in [3.05, 3.63) is 35.4 Å². The Balaban J connectivity index is 1.12. The van der Waals surface area contributed by atoms with Gasteiger partial charge in [0.1, 0.15) is 29.7 Å². The van der Waals surface area contributed by atoms with Gasteiger partial charge in [0.15, 0.2) is 11.6 Å². The first kappa shape index (κ1) is 27.0. The van der Waals surface area contributed by atoms with Gasteiger partial charge >= 0.3 is 6.09 Å². The molecule has 0 bridgehead atoms. The van der Waals surface area contributed by atoms with Crippen LogP contribution in [-0.4, -0.2) is 90.0 Å². The number of nitrogens with zero attached hydrogens (tertiary/aromatic N) is 5. The van der Waals surface area contributed by atoms with E-state index in [1.165, 1.54) is 0 Å². The van der Waals surface area contributed by atoms with Crippen LogP contribution in [0.4, 0.5) is 26.5 Å². The first-order valence-electron chi connectivity index (χ1n) is 14.3. The second kappa shape index (κ2) is 10.7. The molecule has 10 nitrogen and oxygen atoms in total. The van der Waals surface area contributed by atoms with Crippen LogP contribution in [0.1, 0.15) is 63.7 Å². The van der Waals surface area contributed by atoms with Gasteiger partial charge in [0, 0.05) is 51.2 Å². The maximum atomic E-state index is 15.5. The summed E-state index contributed by atoms with van der Waals surface area (Å²) in [7, 11) is 0. The van der Waals surface area contributed by atoms with Gasteiger partial charge in [-0.15, -0.1) is 0 Å². The Hall–Kier alpha value is -3.18. The molecule has 1 N–H and O–H groups in total. The van der Waals surface area contributed by atoms with Gasteiger partial charge in [-0.1, -0.05) is 0 Å². The minimum Gasteiger partial charge on any atom is -0.480 e. The lowest BCUT2D eigenvalue weighted by molar-refractivity contribution is 0.00589. The van der Waals surface area contributed by atoms with Gasteiger partial charge in [0.2, 0.25) is 0 Å². The Morgan fingerprint density at radius 2 is 1.82 bits per heavy atom. The molecule has 6 rings (SSSR count). The fourth-order valence-corrected chi connectivity index (χ4v) is 6.08. The lowest BCUT2D eigenvalue weighted by Gasteiger charge is -2.47. The maximum Gasteiger partial charge on any atom is 0.410 e. The Morgan fingerprint density at radius 1 is 1.10 bits per heavy atom.